The highest BCUT2D eigenvalue weighted by molar-refractivity contribution is 6.36. The number of halogens is 1. The summed E-state index contributed by atoms with van der Waals surface area (Å²) in [4.78, 5) is 4.76. The minimum absolute atomic E-state index is 0.0216. The zero-order valence-corrected chi connectivity index (χ0v) is 15.0. The molecule has 24 heavy (non-hydrogen) atoms. The number of methoxy groups -OCH3 is 1. The molecule has 1 aromatic heterocycles. The molecule has 0 spiro atoms. The number of aromatic hydroxyl groups is 1. The van der Waals surface area contributed by atoms with E-state index >= 15 is 0 Å². The van der Waals surface area contributed by atoms with Gasteiger partial charge in [-0.1, -0.05) is 30.9 Å². The largest absolute Gasteiger partial charge is 0.507 e. The molecule has 1 aliphatic rings. The Hall–Kier alpha value is -1.52. The predicted octanol–water partition coefficient (Wildman–Crippen LogP) is 5.06. The van der Waals surface area contributed by atoms with Crippen LogP contribution in [0.25, 0.3) is 10.9 Å². The van der Waals surface area contributed by atoms with Gasteiger partial charge in [0.1, 0.15) is 23.1 Å². The molecule has 2 aromatic rings. The SMILES string of the molecule is COC(C)COc1ccc2c(O)cc(C3CCCCC3)nc2c1Cl. The van der Waals surface area contributed by atoms with Crippen LogP contribution in [0.2, 0.25) is 5.02 Å². The molecule has 5 heteroatoms. The van der Waals surface area contributed by atoms with E-state index in [9.17, 15) is 5.11 Å². The van der Waals surface area contributed by atoms with Gasteiger partial charge in [-0.05, 0) is 31.9 Å². The Labute approximate surface area is 147 Å². The Morgan fingerprint density at radius 1 is 1.29 bits per heavy atom. The van der Waals surface area contributed by atoms with Crippen molar-refractivity contribution in [2.45, 2.75) is 51.0 Å². The van der Waals surface area contributed by atoms with Crippen LogP contribution < -0.4 is 4.74 Å². The average molecular weight is 350 g/mol. The number of fused-ring (bicyclic) bond motifs is 1. The molecular weight excluding hydrogens is 326 g/mol. The third-order valence-electron chi connectivity index (χ3n) is 4.78. The Balaban J connectivity index is 1.95. The van der Waals surface area contributed by atoms with Crippen molar-refractivity contribution < 1.29 is 14.6 Å². The van der Waals surface area contributed by atoms with Gasteiger partial charge in [0.2, 0.25) is 0 Å². The predicted molar refractivity (Wildman–Crippen MR) is 96.2 cm³/mol. The van der Waals surface area contributed by atoms with Gasteiger partial charge in [-0.25, -0.2) is 0 Å². The van der Waals surface area contributed by atoms with Crippen LogP contribution in [0, 0.1) is 0 Å². The Morgan fingerprint density at radius 3 is 2.75 bits per heavy atom. The summed E-state index contributed by atoms with van der Waals surface area (Å²) in [5, 5.41) is 11.5. The molecule has 1 N–H and O–H groups in total. The number of ether oxygens (including phenoxy) is 2. The highest BCUT2D eigenvalue weighted by atomic mass is 35.5. The molecule has 1 aliphatic carbocycles. The molecular formula is C19H24ClNO3. The highest BCUT2D eigenvalue weighted by Gasteiger charge is 2.20. The number of benzene rings is 1. The Kier molecular flexibility index (Phi) is 5.47. The average Bonchev–Trinajstić information content (AvgIpc) is 2.62. The summed E-state index contributed by atoms with van der Waals surface area (Å²) < 4.78 is 10.9. The number of rotatable bonds is 5. The van der Waals surface area contributed by atoms with E-state index in [4.69, 9.17) is 26.1 Å². The lowest BCUT2D eigenvalue weighted by Gasteiger charge is -2.22. The van der Waals surface area contributed by atoms with Crippen LogP contribution in [-0.2, 0) is 4.74 Å². The summed E-state index contributed by atoms with van der Waals surface area (Å²) in [5.74, 6) is 1.21. The third kappa shape index (κ3) is 3.60. The first-order valence-electron chi connectivity index (χ1n) is 8.58. The van der Waals surface area contributed by atoms with Crippen molar-refractivity contribution in [2.24, 2.45) is 0 Å². The van der Waals surface area contributed by atoms with Crippen molar-refractivity contribution in [3.63, 3.8) is 0 Å². The van der Waals surface area contributed by atoms with E-state index in [-0.39, 0.29) is 11.9 Å². The molecule has 130 valence electrons. The summed E-state index contributed by atoms with van der Waals surface area (Å²) in [6, 6.07) is 5.37. The lowest BCUT2D eigenvalue weighted by molar-refractivity contribution is 0.0717. The molecule has 0 aliphatic heterocycles. The fraction of sp³-hybridized carbons (Fsp3) is 0.526. The van der Waals surface area contributed by atoms with Gasteiger partial charge >= 0.3 is 0 Å². The van der Waals surface area contributed by atoms with Crippen molar-refractivity contribution in [2.75, 3.05) is 13.7 Å². The molecule has 4 nitrogen and oxygen atoms in total. The van der Waals surface area contributed by atoms with Gasteiger partial charge in [0.05, 0.1) is 11.6 Å². The van der Waals surface area contributed by atoms with Crippen LogP contribution in [0.5, 0.6) is 11.5 Å². The highest BCUT2D eigenvalue weighted by Crippen LogP contribution is 2.39. The summed E-state index contributed by atoms with van der Waals surface area (Å²) in [7, 11) is 1.64. The lowest BCUT2D eigenvalue weighted by Crippen LogP contribution is -2.16. The van der Waals surface area contributed by atoms with Crippen LogP contribution in [-0.4, -0.2) is 29.9 Å². The fourth-order valence-electron chi connectivity index (χ4n) is 3.24. The molecule has 1 heterocycles. The second-order valence-electron chi connectivity index (χ2n) is 6.53. The molecule has 1 aromatic carbocycles. The maximum atomic E-state index is 10.4. The maximum absolute atomic E-state index is 10.4. The number of hydrogen-bond donors (Lipinski definition) is 1. The lowest BCUT2D eigenvalue weighted by atomic mass is 9.86. The van der Waals surface area contributed by atoms with Gasteiger partial charge in [0.25, 0.3) is 0 Å². The van der Waals surface area contributed by atoms with Crippen LogP contribution in [0.3, 0.4) is 0 Å². The second kappa shape index (κ2) is 7.58. The van der Waals surface area contributed by atoms with Crippen LogP contribution in [0.4, 0.5) is 0 Å². The maximum Gasteiger partial charge on any atom is 0.140 e. The monoisotopic (exact) mass is 349 g/mol. The standard InChI is InChI=1S/C19H24ClNO3/c1-12(23-2)11-24-17-9-8-14-16(22)10-15(21-19(14)18(17)20)13-6-4-3-5-7-13/h8-10,12-13H,3-7,11H2,1-2H3,(H,21,22). The molecule has 1 saturated carbocycles. The molecule has 1 unspecified atom stereocenters. The quantitative estimate of drug-likeness (QED) is 0.820. The van der Waals surface area contributed by atoms with Gasteiger partial charge in [-0.2, -0.15) is 0 Å². The number of pyridine rings is 1. The summed E-state index contributed by atoms with van der Waals surface area (Å²) in [5.41, 5.74) is 1.55. The first-order chi connectivity index (χ1) is 11.6. The number of aromatic nitrogens is 1. The summed E-state index contributed by atoms with van der Waals surface area (Å²) in [6.07, 6.45) is 5.95. The van der Waals surface area contributed by atoms with Crippen molar-refractivity contribution in [1.82, 2.24) is 4.98 Å². The first-order valence-corrected chi connectivity index (χ1v) is 8.95. The third-order valence-corrected chi connectivity index (χ3v) is 5.15. The van der Waals surface area contributed by atoms with Gasteiger partial charge in [0.15, 0.2) is 0 Å². The zero-order valence-electron chi connectivity index (χ0n) is 14.2. The summed E-state index contributed by atoms with van der Waals surface area (Å²) >= 11 is 6.51. The Bertz CT molecular complexity index is 713. The minimum Gasteiger partial charge on any atom is -0.507 e. The van der Waals surface area contributed by atoms with E-state index in [1.54, 1.807) is 25.3 Å². The molecule has 0 radical (unpaired) electrons. The van der Waals surface area contributed by atoms with Crippen molar-refractivity contribution in [3.05, 3.63) is 28.9 Å². The molecule has 1 atom stereocenters. The van der Waals surface area contributed by atoms with Gasteiger partial charge in [0, 0.05) is 30.2 Å². The molecule has 0 amide bonds. The zero-order chi connectivity index (χ0) is 17.1. The van der Waals surface area contributed by atoms with E-state index in [1.165, 1.54) is 19.3 Å². The molecule has 3 rings (SSSR count). The van der Waals surface area contributed by atoms with E-state index in [0.29, 0.717) is 34.2 Å². The van der Waals surface area contributed by atoms with Crippen LogP contribution in [0.1, 0.15) is 50.6 Å². The minimum atomic E-state index is -0.0216. The molecule has 0 bridgehead atoms. The van der Waals surface area contributed by atoms with Crippen LogP contribution in [0.15, 0.2) is 18.2 Å². The van der Waals surface area contributed by atoms with Gasteiger partial charge in [-0.3, -0.25) is 4.98 Å². The summed E-state index contributed by atoms with van der Waals surface area (Å²) in [6.45, 7) is 2.34. The van der Waals surface area contributed by atoms with Gasteiger partial charge in [-0.15, -0.1) is 0 Å². The van der Waals surface area contributed by atoms with Crippen molar-refractivity contribution >= 4 is 22.5 Å². The van der Waals surface area contributed by atoms with Crippen molar-refractivity contribution in [3.8, 4) is 11.5 Å². The number of nitrogens with zero attached hydrogens (tertiary/aromatic N) is 1. The first kappa shape index (κ1) is 17.3. The fourth-order valence-corrected chi connectivity index (χ4v) is 3.50. The normalized spacial score (nSPS) is 17.1. The van der Waals surface area contributed by atoms with E-state index in [0.717, 1.165) is 18.5 Å². The van der Waals surface area contributed by atoms with E-state index in [1.807, 2.05) is 6.92 Å². The van der Waals surface area contributed by atoms with Crippen LogP contribution >= 0.6 is 11.6 Å². The Morgan fingerprint density at radius 2 is 2.04 bits per heavy atom. The molecule has 0 saturated heterocycles. The smallest absolute Gasteiger partial charge is 0.140 e. The number of hydrogen-bond acceptors (Lipinski definition) is 4. The van der Waals surface area contributed by atoms with Gasteiger partial charge < -0.3 is 14.6 Å². The topological polar surface area (TPSA) is 51.6 Å². The van der Waals surface area contributed by atoms with Crippen molar-refractivity contribution in [1.29, 1.82) is 0 Å². The second-order valence-corrected chi connectivity index (χ2v) is 6.91. The van der Waals surface area contributed by atoms with E-state index < -0.39 is 0 Å². The molecule has 1 fully saturated rings. The van der Waals surface area contributed by atoms with E-state index in [2.05, 4.69) is 0 Å².